The van der Waals surface area contributed by atoms with Crippen LogP contribution in [0.25, 0.3) is 0 Å². The highest BCUT2D eigenvalue weighted by Crippen LogP contribution is 2.36. The number of anilines is 2. The standard InChI is InChI=1S/C21H21F3N4O2/c22-21(23,24)14-3-5-15(6-4-14)28-12-13(10-17-18(28)2-1-9-25-17)11-26-20(30)16-7-8-19(29)27-16/h1-6,9,13,16H,7-8,10-12H2,(H,26,30)(H,27,29)/t13?,16-/m0/s1. The van der Waals surface area contributed by atoms with Gasteiger partial charge in [0, 0.05) is 31.4 Å². The molecule has 2 aromatic rings. The topological polar surface area (TPSA) is 74.3 Å². The van der Waals surface area contributed by atoms with Crippen LogP contribution in [0.1, 0.15) is 24.1 Å². The first-order chi connectivity index (χ1) is 14.3. The van der Waals surface area contributed by atoms with Crippen molar-refractivity contribution in [1.82, 2.24) is 15.6 Å². The molecule has 4 rings (SSSR count). The normalized spacial score (nSPS) is 21.2. The van der Waals surface area contributed by atoms with Gasteiger partial charge in [0.05, 0.1) is 16.9 Å². The van der Waals surface area contributed by atoms with Gasteiger partial charge in [0.25, 0.3) is 0 Å². The number of hydrogen-bond donors (Lipinski definition) is 2. The van der Waals surface area contributed by atoms with E-state index in [1.165, 1.54) is 12.1 Å². The van der Waals surface area contributed by atoms with Crippen molar-refractivity contribution in [2.45, 2.75) is 31.5 Å². The van der Waals surface area contributed by atoms with E-state index >= 15 is 0 Å². The van der Waals surface area contributed by atoms with Gasteiger partial charge in [0.15, 0.2) is 0 Å². The molecule has 3 heterocycles. The Morgan fingerprint density at radius 3 is 2.67 bits per heavy atom. The van der Waals surface area contributed by atoms with Crippen LogP contribution in [0.4, 0.5) is 24.5 Å². The van der Waals surface area contributed by atoms with Crippen LogP contribution >= 0.6 is 0 Å². The van der Waals surface area contributed by atoms with Gasteiger partial charge < -0.3 is 15.5 Å². The van der Waals surface area contributed by atoms with E-state index < -0.39 is 17.8 Å². The second kappa shape index (κ2) is 7.97. The van der Waals surface area contributed by atoms with Crippen LogP contribution < -0.4 is 15.5 Å². The van der Waals surface area contributed by atoms with Crippen molar-refractivity contribution in [3.8, 4) is 0 Å². The Kier molecular flexibility index (Phi) is 5.36. The summed E-state index contributed by atoms with van der Waals surface area (Å²) in [7, 11) is 0. The Morgan fingerprint density at radius 1 is 1.23 bits per heavy atom. The second-order valence-electron chi connectivity index (χ2n) is 7.60. The number of amides is 2. The Hall–Kier alpha value is -3.10. The minimum atomic E-state index is -4.39. The number of nitrogens with one attached hydrogen (secondary N) is 2. The van der Waals surface area contributed by atoms with Crippen molar-refractivity contribution in [3.63, 3.8) is 0 Å². The van der Waals surface area contributed by atoms with Crippen molar-refractivity contribution in [1.29, 1.82) is 0 Å². The molecule has 2 aliphatic rings. The molecule has 0 saturated carbocycles. The first-order valence-corrected chi connectivity index (χ1v) is 9.77. The number of fused-ring (bicyclic) bond motifs is 1. The fourth-order valence-electron chi connectivity index (χ4n) is 3.92. The molecule has 0 radical (unpaired) electrons. The highest BCUT2D eigenvalue weighted by Gasteiger charge is 2.32. The Labute approximate surface area is 171 Å². The number of aromatic nitrogens is 1. The lowest BCUT2D eigenvalue weighted by atomic mass is 9.95. The predicted octanol–water partition coefficient (Wildman–Crippen LogP) is 2.81. The third-order valence-corrected chi connectivity index (χ3v) is 5.46. The van der Waals surface area contributed by atoms with Gasteiger partial charge in [0.1, 0.15) is 6.04 Å². The van der Waals surface area contributed by atoms with Crippen LogP contribution in [0.2, 0.25) is 0 Å². The number of benzene rings is 1. The molecule has 1 aromatic carbocycles. The predicted molar refractivity (Wildman–Crippen MR) is 104 cm³/mol. The Morgan fingerprint density at radius 2 is 2.00 bits per heavy atom. The summed E-state index contributed by atoms with van der Waals surface area (Å²) in [5, 5.41) is 5.53. The Balaban J connectivity index is 1.49. The molecule has 1 saturated heterocycles. The quantitative estimate of drug-likeness (QED) is 0.801. The van der Waals surface area contributed by atoms with E-state index in [2.05, 4.69) is 15.6 Å². The molecule has 30 heavy (non-hydrogen) atoms. The van der Waals surface area contributed by atoms with E-state index in [0.717, 1.165) is 23.5 Å². The molecular weight excluding hydrogens is 397 g/mol. The number of nitrogens with zero attached hydrogens (tertiary/aromatic N) is 2. The summed E-state index contributed by atoms with van der Waals surface area (Å²) in [6, 6.07) is 8.23. The van der Waals surface area contributed by atoms with E-state index in [1.807, 2.05) is 11.0 Å². The third kappa shape index (κ3) is 4.24. The summed E-state index contributed by atoms with van der Waals surface area (Å²) in [6.07, 6.45) is -1.23. The lowest BCUT2D eigenvalue weighted by molar-refractivity contribution is -0.137. The van der Waals surface area contributed by atoms with Crippen LogP contribution in [0.3, 0.4) is 0 Å². The number of rotatable bonds is 4. The molecule has 2 aliphatic heterocycles. The summed E-state index contributed by atoms with van der Waals surface area (Å²) in [5.41, 5.74) is 1.62. The maximum atomic E-state index is 12.9. The zero-order valence-corrected chi connectivity index (χ0v) is 16.1. The largest absolute Gasteiger partial charge is 0.416 e. The molecule has 2 atom stereocenters. The maximum absolute atomic E-state index is 12.9. The molecule has 0 bridgehead atoms. The fourth-order valence-corrected chi connectivity index (χ4v) is 3.92. The van der Waals surface area contributed by atoms with Crippen LogP contribution in [-0.4, -0.2) is 35.9 Å². The van der Waals surface area contributed by atoms with Crippen molar-refractivity contribution < 1.29 is 22.8 Å². The molecule has 0 aliphatic carbocycles. The van der Waals surface area contributed by atoms with E-state index in [4.69, 9.17) is 0 Å². The monoisotopic (exact) mass is 418 g/mol. The average Bonchev–Trinajstić information content (AvgIpc) is 3.17. The number of carbonyl (C=O) groups is 2. The highest BCUT2D eigenvalue weighted by atomic mass is 19.4. The summed E-state index contributed by atoms with van der Waals surface area (Å²) in [5.74, 6) is -0.316. The molecule has 0 spiro atoms. The third-order valence-electron chi connectivity index (χ3n) is 5.46. The lowest BCUT2D eigenvalue weighted by Gasteiger charge is -2.35. The fraction of sp³-hybridized carbons (Fsp3) is 0.381. The first kappa shape index (κ1) is 20.2. The van der Waals surface area contributed by atoms with Gasteiger partial charge in [-0.2, -0.15) is 13.2 Å². The van der Waals surface area contributed by atoms with Crippen LogP contribution in [0, 0.1) is 5.92 Å². The van der Waals surface area contributed by atoms with Crippen LogP contribution in [-0.2, 0) is 22.2 Å². The van der Waals surface area contributed by atoms with Crippen molar-refractivity contribution >= 4 is 23.2 Å². The van der Waals surface area contributed by atoms with E-state index in [0.29, 0.717) is 38.0 Å². The minimum Gasteiger partial charge on any atom is -0.354 e. The summed E-state index contributed by atoms with van der Waals surface area (Å²) < 4.78 is 38.7. The van der Waals surface area contributed by atoms with E-state index in [1.54, 1.807) is 12.3 Å². The van der Waals surface area contributed by atoms with Gasteiger partial charge in [-0.3, -0.25) is 14.6 Å². The zero-order chi connectivity index (χ0) is 21.3. The molecule has 1 fully saturated rings. The van der Waals surface area contributed by atoms with Gasteiger partial charge in [-0.15, -0.1) is 0 Å². The minimum absolute atomic E-state index is 0.0238. The molecule has 6 nitrogen and oxygen atoms in total. The molecule has 1 unspecified atom stereocenters. The van der Waals surface area contributed by atoms with Gasteiger partial charge in [-0.05, 0) is 55.2 Å². The zero-order valence-electron chi connectivity index (χ0n) is 16.1. The number of carbonyl (C=O) groups excluding carboxylic acids is 2. The lowest BCUT2D eigenvalue weighted by Crippen LogP contribution is -2.45. The molecule has 158 valence electrons. The maximum Gasteiger partial charge on any atom is 0.416 e. The van der Waals surface area contributed by atoms with E-state index in [9.17, 15) is 22.8 Å². The van der Waals surface area contributed by atoms with E-state index in [-0.39, 0.29) is 17.7 Å². The van der Waals surface area contributed by atoms with Crippen molar-refractivity contribution in [2.24, 2.45) is 5.92 Å². The van der Waals surface area contributed by atoms with Gasteiger partial charge in [0.2, 0.25) is 11.8 Å². The number of halogens is 3. The number of alkyl halides is 3. The van der Waals surface area contributed by atoms with Gasteiger partial charge in [-0.25, -0.2) is 0 Å². The first-order valence-electron chi connectivity index (χ1n) is 9.77. The summed E-state index contributed by atoms with van der Waals surface area (Å²) in [6.45, 7) is 0.916. The molecule has 1 aromatic heterocycles. The smallest absolute Gasteiger partial charge is 0.354 e. The van der Waals surface area contributed by atoms with Crippen LogP contribution in [0.5, 0.6) is 0 Å². The molecule has 9 heteroatoms. The molecule has 2 N–H and O–H groups in total. The molecule has 2 amide bonds. The SMILES string of the molecule is O=C1CC[C@@H](C(=O)NCC2Cc3ncccc3N(c3ccc(C(F)(F)F)cc3)C2)N1. The number of hydrogen-bond acceptors (Lipinski definition) is 4. The summed E-state index contributed by atoms with van der Waals surface area (Å²) in [4.78, 5) is 30.0. The highest BCUT2D eigenvalue weighted by molar-refractivity contribution is 5.90. The Bertz CT molecular complexity index is 946. The van der Waals surface area contributed by atoms with Gasteiger partial charge in [-0.1, -0.05) is 0 Å². The van der Waals surface area contributed by atoms with Crippen LogP contribution in [0.15, 0.2) is 42.6 Å². The summed E-state index contributed by atoms with van der Waals surface area (Å²) >= 11 is 0. The number of pyridine rings is 1. The average molecular weight is 418 g/mol. The van der Waals surface area contributed by atoms with Crippen molar-refractivity contribution in [3.05, 3.63) is 53.9 Å². The molecular formula is C21H21F3N4O2. The van der Waals surface area contributed by atoms with Gasteiger partial charge >= 0.3 is 6.18 Å². The second-order valence-corrected chi connectivity index (χ2v) is 7.60. The van der Waals surface area contributed by atoms with Crippen molar-refractivity contribution in [2.75, 3.05) is 18.0 Å².